The zero-order valence-corrected chi connectivity index (χ0v) is 24.2. The number of carbonyl (C=O) groups is 1. The first kappa shape index (κ1) is 28.1. The van der Waals surface area contributed by atoms with Gasteiger partial charge in [-0.3, -0.25) is 9.69 Å². The molecule has 0 bridgehead atoms. The summed E-state index contributed by atoms with van der Waals surface area (Å²) in [5, 5.41) is 3.67. The van der Waals surface area contributed by atoms with Gasteiger partial charge in [-0.05, 0) is 56.3 Å². The molecule has 3 fully saturated rings. The minimum absolute atomic E-state index is 0.0239. The summed E-state index contributed by atoms with van der Waals surface area (Å²) in [7, 11) is 0. The molecule has 2 saturated carbocycles. The summed E-state index contributed by atoms with van der Waals surface area (Å²) >= 11 is 1.47. The fourth-order valence-corrected chi connectivity index (χ4v) is 6.72. The smallest absolute Gasteiger partial charge is 0.229 e. The van der Waals surface area contributed by atoms with Gasteiger partial charge in [-0.15, -0.1) is 0 Å². The van der Waals surface area contributed by atoms with Crippen LogP contribution in [0.1, 0.15) is 81.3 Å². The topological polar surface area (TPSA) is 89.5 Å². The standard InChI is InChI=1S/C30H41N5O3S/c1-5-25-27(12-20(4)22-15-31-28(32-16-22)18-38-24-8-6-7-9-24)39-30(33-25)34-29(36)21-13-23(14-21)35-10-11-37-17-26(35)19(2)3/h5,12,15-16,19,21,23-24,26H,1,6-11,13-14,17-18H2,2-4H3,(H,33,34,36)/b20-12+. The Kier molecular flexibility index (Phi) is 9.22. The van der Waals surface area contributed by atoms with Gasteiger partial charge >= 0.3 is 0 Å². The molecule has 3 aliphatic rings. The molecule has 39 heavy (non-hydrogen) atoms. The Balaban J connectivity index is 1.16. The van der Waals surface area contributed by atoms with E-state index < -0.39 is 0 Å². The molecule has 0 radical (unpaired) electrons. The number of anilines is 1. The van der Waals surface area contributed by atoms with Gasteiger partial charge in [0, 0.05) is 42.5 Å². The summed E-state index contributed by atoms with van der Waals surface area (Å²) < 4.78 is 11.6. The minimum atomic E-state index is 0.0239. The number of ether oxygens (including phenoxy) is 2. The van der Waals surface area contributed by atoms with E-state index in [0.717, 1.165) is 67.1 Å². The van der Waals surface area contributed by atoms with Crippen LogP contribution < -0.4 is 5.32 Å². The maximum atomic E-state index is 13.0. The summed E-state index contributed by atoms with van der Waals surface area (Å²) in [5.74, 6) is 1.33. The number of nitrogens with one attached hydrogen (secondary N) is 1. The first-order valence-corrected chi connectivity index (χ1v) is 15.1. The van der Waals surface area contributed by atoms with Gasteiger partial charge in [-0.25, -0.2) is 15.0 Å². The van der Waals surface area contributed by atoms with Crippen molar-refractivity contribution in [1.29, 1.82) is 0 Å². The molecule has 2 aromatic rings. The van der Waals surface area contributed by atoms with Crippen LogP contribution in [0.15, 0.2) is 19.0 Å². The quantitative estimate of drug-likeness (QED) is 0.407. The largest absolute Gasteiger partial charge is 0.378 e. The molecule has 210 valence electrons. The number of allylic oxidation sites excluding steroid dienone is 1. The number of hydrogen-bond donors (Lipinski definition) is 1. The number of hydrogen-bond acceptors (Lipinski definition) is 8. The van der Waals surface area contributed by atoms with Crippen LogP contribution in [-0.4, -0.2) is 63.7 Å². The highest BCUT2D eigenvalue weighted by molar-refractivity contribution is 7.16. The van der Waals surface area contributed by atoms with Crippen molar-refractivity contribution in [3.05, 3.63) is 40.9 Å². The number of thiazole rings is 1. The van der Waals surface area contributed by atoms with Crippen molar-refractivity contribution in [2.24, 2.45) is 11.8 Å². The second kappa shape index (κ2) is 12.8. The van der Waals surface area contributed by atoms with Gasteiger partial charge in [0.2, 0.25) is 5.91 Å². The molecular weight excluding hydrogens is 510 g/mol. The summed E-state index contributed by atoms with van der Waals surface area (Å²) in [6, 6.07) is 0.896. The van der Waals surface area contributed by atoms with E-state index in [4.69, 9.17) is 9.47 Å². The van der Waals surface area contributed by atoms with Gasteiger partial charge < -0.3 is 14.8 Å². The maximum absolute atomic E-state index is 13.0. The van der Waals surface area contributed by atoms with E-state index >= 15 is 0 Å². The number of aromatic nitrogens is 3. The molecule has 1 unspecified atom stereocenters. The van der Waals surface area contributed by atoms with Crippen LogP contribution in [0.2, 0.25) is 0 Å². The van der Waals surface area contributed by atoms with E-state index in [2.05, 4.69) is 51.7 Å². The van der Waals surface area contributed by atoms with Crippen molar-refractivity contribution >= 4 is 40.1 Å². The molecule has 2 aliphatic carbocycles. The van der Waals surface area contributed by atoms with Crippen LogP contribution in [0, 0.1) is 11.8 Å². The Labute approximate surface area is 235 Å². The number of morpholine rings is 1. The lowest BCUT2D eigenvalue weighted by Gasteiger charge is -2.48. The van der Waals surface area contributed by atoms with Crippen molar-refractivity contribution in [2.45, 2.75) is 84.1 Å². The van der Waals surface area contributed by atoms with Crippen molar-refractivity contribution < 1.29 is 14.3 Å². The van der Waals surface area contributed by atoms with Gasteiger partial charge in [0.25, 0.3) is 0 Å². The zero-order valence-electron chi connectivity index (χ0n) is 23.4. The fraction of sp³-hybridized carbons (Fsp3) is 0.600. The summed E-state index contributed by atoms with van der Waals surface area (Å²) in [6.45, 7) is 13.4. The van der Waals surface area contributed by atoms with Crippen LogP contribution >= 0.6 is 11.3 Å². The zero-order chi connectivity index (χ0) is 27.4. The van der Waals surface area contributed by atoms with E-state index in [1.807, 2.05) is 19.3 Å². The van der Waals surface area contributed by atoms with E-state index in [1.165, 1.54) is 24.2 Å². The lowest BCUT2D eigenvalue weighted by molar-refractivity contribution is -0.127. The second-order valence-corrected chi connectivity index (χ2v) is 12.4. The second-order valence-electron chi connectivity index (χ2n) is 11.3. The number of carbonyl (C=O) groups excluding carboxylic acids is 1. The Morgan fingerprint density at radius 1 is 1.28 bits per heavy atom. The predicted molar refractivity (Wildman–Crippen MR) is 156 cm³/mol. The Morgan fingerprint density at radius 3 is 2.72 bits per heavy atom. The van der Waals surface area contributed by atoms with Gasteiger partial charge in [0.05, 0.1) is 29.9 Å². The summed E-state index contributed by atoms with van der Waals surface area (Å²) in [6.07, 6.45) is 14.4. The van der Waals surface area contributed by atoms with Crippen molar-refractivity contribution in [1.82, 2.24) is 19.9 Å². The Hall–Kier alpha value is -2.46. The molecule has 0 aromatic carbocycles. The van der Waals surface area contributed by atoms with E-state index in [-0.39, 0.29) is 11.8 Å². The van der Waals surface area contributed by atoms with Gasteiger partial charge in [-0.2, -0.15) is 0 Å². The van der Waals surface area contributed by atoms with Crippen molar-refractivity contribution in [2.75, 3.05) is 25.1 Å². The van der Waals surface area contributed by atoms with Crippen LogP contribution in [0.4, 0.5) is 5.13 Å². The Bertz CT molecular complexity index is 1170. The molecule has 3 heterocycles. The van der Waals surface area contributed by atoms with Crippen molar-refractivity contribution in [3.8, 4) is 0 Å². The van der Waals surface area contributed by atoms with Crippen LogP contribution in [0.5, 0.6) is 0 Å². The third-order valence-electron chi connectivity index (χ3n) is 8.29. The molecule has 1 N–H and O–H groups in total. The average Bonchev–Trinajstić information content (AvgIpc) is 3.57. The number of amides is 1. The average molecular weight is 552 g/mol. The third-order valence-corrected chi connectivity index (χ3v) is 9.23. The van der Waals surface area contributed by atoms with E-state index in [0.29, 0.717) is 41.7 Å². The normalized spacial score (nSPS) is 24.6. The minimum Gasteiger partial charge on any atom is -0.378 e. The van der Waals surface area contributed by atoms with Crippen LogP contribution in [-0.2, 0) is 20.9 Å². The first-order chi connectivity index (χ1) is 18.9. The van der Waals surface area contributed by atoms with Crippen molar-refractivity contribution in [3.63, 3.8) is 0 Å². The summed E-state index contributed by atoms with van der Waals surface area (Å²) in [5.41, 5.74) is 2.73. The maximum Gasteiger partial charge on any atom is 0.229 e. The third kappa shape index (κ3) is 6.82. The molecule has 9 heteroatoms. The first-order valence-electron chi connectivity index (χ1n) is 14.3. The highest BCUT2D eigenvalue weighted by Crippen LogP contribution is 2.36. The van der Waals surface area contributed by atoms with E-state index in [9.17, 15) is 4.79 Å². The highest BCUT2D eigenvalue weighted by atomic mass is 32.1. The lowest BCUT2D eigenvalue weighted by atomic mass is 9.77. The van der Waals surface area contributed by atoms with Crippen LogP contribution in [0.3, 0.4) is 0 Å². The van der Waals surface area contributed by atoms with Crippen LogP contribution in [0.25, 0.3) is 17.7 Å². The molecule has 1 atom stereocenters. The molecule has 2 aromatic heterocycles. The number of nitrogens with zero attached hydrogens (tertiary/aromatic N) is 4. The lowest BCUT2D eigenvalue weighted by Crippen LogP contribution is -2.58. The highest BCUT2D eigenvalue weighted by Gasteiger charge is 2.42. The van der Waals surface area contributed by atoms with Gasteiger partial charge in [-0.1, -0.05) is 44.6 Å². The van der Waals surface area contributed by atoms with E-state index in [1.54, 1.807) is 6.08 Å². The molecule has 1 amide bonds. The monoisotopic (exact) mass is 551 g/mol. The fourth-order valence-electron chi connectivity index (χ4n) is 5.75. The molecule has 5 rings (SSSR count). The SMILES string of the molecule is C=Cc1nc(NC(=O)C2CC(N3CCOCC3C(C)C)C2)sc1/C=C(\C)c1cnc(COC2CCCC2)nc1. The Morgan fingerprint density at radius 2 is 2.03 bits per heavy atom. The molecule has 0 spiro atoms. The van der Waals surface area contributed by atoms with Gasteiger partial charge in [0.1, 0.15) is 6.61 Å². The molecule has 1 aliphatic heterocycles. The number of rotatable bonds is 10. The predicted octanol–water partition coefficient (Wildman–Crippen LogP) is 5.67. The molecule has 8 nitrogen and oxygen atoms in total. The molecule has 1 saturated heterocycles. The summed E-state index contributed by atoms with van der Waals surface area (Å²) in [4.78, 5) is 30.1. The van der Waals surface area contributed by atoms with Gasteiger partial charge in [0.15, 0.2) is 11.0 Å². The molecular formula is C30H41N5O3S.